The molecule has 146 valence electrons. The summed E-state index contributed by atoms with van der Waals surface area (Å²) in [6.45, 7) is 0. The number of carbonyl (C=O) groups excluding carboxylic acids is 1. The minimum absolute atomic E-state index is 0.237. The lowest BCUT2D eigenvalue weighted by molar-refractivity contribution is -0.116. The highest BCUT2D eigenvalue weighted by Gasteiger charge is 2.24. The molecule has 0 saturated heterocycles. The van der Waals surface area contributed by atoms with E-state index in [2.05, 4.69) is 10.3 Å². The second kappa shape index (κ2) is 7.91. The summed E-state index contributed by atoms with van der Waals surface area (Å²) in [5.41, 5.74) is 2.02. The van der Waals surface area contributed by atoms with E-state index in [9.17, 15) is 15.0 Å². The molecule has 3 N–H and O–H groups in total. The fraction of sp³-hybridized carbons (Fsp3) is 0.0476. The number of phenolic OH excluding ortho intramolecular Hbond substituents is 2. The van der Waals surface area contributed by atoms with Crippen LogP contribution in [0.5, 0.6) is 11.5 Å². The maximum atomic E-state index is 13.2. The van der Waals surface area contributed by atoms with E-state index in [0.29, 0.717) is 25.4 Å². The highest BCUT2D eigenvalue weighted by molar-refractivity contribution is 7.22. The summed E-state index contributed by atoms with van der Waals surface area (Å²) in [5, 5.41) is 23.7. The molecular formula is C21H14Cl2N2O3S. The van der Waals surface area contributed by atoms with Crippen molar-refractivity contribution in [2.24, 2.45) is 0 Å². The van der Waals surface area contributed by atoms with Gasteiger partial charge in [-0.2, -0.15) is 0 Å². The van der Waals surface area contributed by atoms with Crippen LogP contribution in [0.1, 0.15) is 17.0 Å². The summed E-state index contributed by atoms with van der Waals surface area (Å²) in [7, 11) is 0. The van der Waals surface area contributed by atoms with Crippen LogP contribution in [0.2, 0.25) is 10.0 Å². The average molecular weight is 445 g/mol. The maximum absolute atomic E-state index is 13.2. The van der Waals surface area contributed by atoms with Crippen LogP contribution in [0.15, 0.2) is 60.7 Å². The summed E-state index contributed by atoms with van der Waals surface area (Å²) in [4.78, 5) is 17.5. The molecule has 3 aromatic carbocycles. The maximum Gasteiger partial charge on any atom is 0.238 e. The van der Waals surface area contributed by atoms with Gasteiger partial charge in [-0.3, -0.25) is 4.79 Å². The Hall–Kier alpha value is -2.80. The number of carbonyl (C=O) groups is 1. The highest BCUT2D eigenvalue weighted by Crippen LogP contribution is 2.36. The van der Waals surface area contributed by atoms with E-state index in [-0.39, 0.29) is 17.4 Å². The average Bonchev–Trinajstić information content (AvgIpc) is 3.06. The van der Waals surface area contributed by atoms with Gasteiger partial charge in [0.05, 0.1) is 16.1 Å². The van der Waals surface area contributed by atoms with Crippen LogP contribution < -0.4 is 5.32 Å². The number of hydrogen-bond donors (Lipinski definition) is 3. The molecule has 1 aromatic heterocycles. The number of halogens is 2. The Labute approximate surface area is 180 Å². The second-order valence-corrected chi connectivity index (χ2v) is 8.26. The third-order valence-corrected chi connectivity index (χ3v) is 5.82. The molecule has 0 bridgehead atoms. The molecule has 0 saturated carbocycles. The van der Waals surface area contributed by atoms with Crippen molar-refractivity contribution < 1.29 is 15.0 Å². The van der Waals surface area contributed by atoms with Crippen LogP contribution in [0.4, 0.5) is 5.13 Å². The van der Waals surface area contributed by atoms with Crippen LogP contribution in [-0.2, 0) is 4.79 Å². The summed E-state index contributed by atoms with van der Waals surface area (Å²) in [6, 6.07) is 16.9. The summed E-state index contributed by atoms with van der Waals surface area (Å²) < 4.78 is 0.644. The number of nitrogens with one attached hydrogen (secondary N) is 1. The molecular weight excluding hydrogens is 431 g/mol. The number of hydrogen-bond acceptors (Lipinski definition) is 5. The number of fused-ring (bicyclic) bond motifs is 1. The zero-order valence-corrected chi connectivity index (χ0v) is 17.1. The molecule has 0 aliphatic rings. The third kappa shape index (κ3) is 4.15. The van der Waals surface area contributed by atoms with Crippen molar-refractivity contribution in [2.75, 3.05) is 5.32 Å². The normalized spacial score (nSPS) is 11.1. The molecule has 4 rings (SSSR count). The third-order valence-electron chi connectivity index (χ3n) is 4.38. The molecule has 8 heteroatoms. The number of amides is 1. The number of rotatable bonds is 4. The smallest absolute Gasteiger partial charge is 0.238 e. The van der Waals surface area contributed by atoms with E-state index >= 15 is 0 Å². The number of phenols is 2. The molecule has 0 atom stereocenters. The van der Waals surface area contributed by atoms with Gasteiger partial charge in [-0.15, -0.1) is 0 Å². The molecule has 0 aliphatic heterocycles. The van der Waals surface area contributed by atoms with Crippen LogP contribution in [0, 0.1) is 0 Å². The Morgan fingerprint density at radius 1 is 0.897 bits per heavy atom. The summed E-state index contributed by atoms with van der Waals surface area (Å²) >= 11 is 13.2. The first kappa shape index (κ1) is 19.5. The lowest BCUT2D eigenvalue weighted by Gasteiger charge is -2.17. The van der Waals surface area contributed by atoms with Crippen molar-refractivity contribution >= 4 is 55.8 Å². The first-order chi connectivity index (χ1) is 13.9. The topological polar surface area (TPSA) is 82.5 Å². The Bertz CT molecular complexity index is 1110. The standard InChI is InChI=1S/C21H14Cl2N2O3S/c22-13-5-1-11(2-6-13)19(12-3-7-14(23)8-4-12)20(28)25-21-24-15-9-16(26)17(27)10-18(15)29-21/h1-10,19,26-27H,(H,24,25,28). The molecule has 0 unspecified atom stereocenters. The molecule has 0 fully saturated rings. The van der Waals surface area contributed by atoms with Gasteiger partial charge in [0.1, 0.15) is 0 Å². The second-order valence-electron chi connectivity index (χ2n) is 6.35. The number of thiazole rings is 1. The lowest BCUT2D eigenvalue weighted by Crippen LogP contribution is -2.22. The van der Waals surface area contributed by atoms with Crippen LogP contribution in [0.25, 0.3) is 10.2 Å². The molecule has 1 heterocycles. The van der Waals surface area contributed by atoms with Crippen molar-refractivity contribution in [1.29, 1.82) is 0 Å². The van der Waals surface area contributed by atoms with E-state index in [4.69, 9.17) is 23.2 Å². The molecule has 5 nitrogen and oxygen atoms in total. The Morgan fingerprint density at radius 3 is 1.97 bits per heavy atom. The van der Waals surface area contributed by atoms with Crippen LogP contribution >= 0.6 is 34.5 Å². The minimum Gasteiger partial charge on any atom is -0.504 e. The van der Waals surface area contributed by atoms with E-state index < -0.39 is 5.92 Å². The summed E-state index contributed by atoms with van der Waals surface area (Å²) in [6.07, 6.45) is 0. The first-order valence-corrected chi connectivity index (χ1v) is 10.1. The largest absolute Gasteiger partial charge is 0.504 e. The fourth-order valence-corrected chi connectivity index (χ4v) is 4.12. The molecule has 0 aliphatic carbocycles. The molecule has 0 spiro atoms. The SMILES string of the molecule is O=C(Nc1nc2cc(O)c(O)cc2s1)C(c1ccc(Cl)cc1)c1ccc(Cl)cc1. The fourth-order valence-electron chi connectivity index (χ4n) is 2.99. The van der Waals surface area contributed by atoms with E-state index in [1.165, 1.54) is 23.5 Å². The molecule has 0 radical (unpaired) electrons. The number of anilines is 1. The van der Waals surface area contributed by atoms with Gasteiger partial charge in [0, 0.05) is 22.2 Å². The van der Waals surface area contributed by atoms with Gasteiger partial charge < -0.3 is 15.5 Å². The van der Waals surface area contributed by atoms with Crippen molar-refractivity contribution in [2.45, 2.75) is 5.92 Å². The zero-order valence-electron chi connectivity index (χ0n) is 14.8. The van der Waals surface area contributed by atoms with Crippen molar-refractivity contribution in [3.8, 4) is 11.5 Å². The van der Waals surface area contributed by atoms with Gasteiger partial charge in [-0.1, -0.05) is 58.8 Å². The lowest BCUT2D eigenvalue weighted by atomic mass is 9.90. The molecule has 4 aromatic rings. The van der Waals surface area contributed by atoms with Gasteiger partial charge in [0.25, 0.3) is 0 Å². The van der Waals surface area contributed by atoms with E-state index in [1.54, 1.807) is 48.5 Å². The Morgan fingerprint density at radius 2 is 1.41 bits per heavy atom. The molecule has 29 heavy (non-hydrogen) atoms. The van der Waals surface area contributed by atoms with Gasteiger partial charge in [0.15, 0.2) is 16.6 Å². The van der Waals surface area contributed by atoms with Crippen LogP contribution in [0.3, 0.4) is 0 Å². The van der Waals surface area contributed by atoms with Crippen LogP contribution in [-0.4, -0.2) is 21.1 Å². The Balaban J connectivity index is 1.69. The van der Waals surface area contributed by atoms with Gasteiger partial charge >= 0.3 is 0 Å². The number of nitrogens with zero attached hydrogens (tertiary/aromatic N) is 1. The molecule has 1 amide bonds. The van der Waals surface area contributed by atoms with Crippen molar-refractivity contribution in [3.05, 3.63) is 81.8 Å². The monoisotopic (exact) mass is 444 g/mol. The number of aromatic nitrogens is 1. The van der Waals surface area contributed by atoms with Crippen molar-refractivity contribution in [1.82, 2.24) is 4.98 Å². The minimum atomic E-state index is -0.599. The Kier molecular flexibility index (Phi) is 5.32. The predicted molar refractivity (Wildman–Crippen MR) is 116 cm³/mol. The van der Waals surface area contributed by atoms with Gasteiger partial charge in [0.2, 0.25) is 5.91 Å². The van der Waals surface area contributed by atoms with Gasteiger partial charge in [-0.25, -0.2) is 4.98 Å². The quantitative estimate of drug-likeness (QED) is 0.348. The predicted octanol–water partition coefficient (Wildman–Crippen LogP) is 5.78. The number of aromatic hydroxyl groups is 2. The van der Waals surface area contributed by atoms with Crippen molar-refractivity contribution in [3.63, 3.8) is 0 Å². The first-order valence-electron chi connectivity index (χ1n) is 8.55. The number of benzene rings is 3. The van der Waals surface area contributed by atoms with Gasteiger partial charge in [-0.05, 0) is 35.4 Å². The highest BCUT2D eigenvalue weighted by atomic mass is 35.5. The zero-order chi connectivity index (χ0) is 20.5. The summed E-state index contributed by atoms with van der Waals surface area (Å²) in [5.74, 6) is -1.37. The van der Waals surface area contributed by atoms with E-state index in [1.807, 2.05) is 0 Å². The van der Waals surface area contributed by atoms with E-state index in [0.717, 1.165) is 11.1 Å².